The Morgan fingerprint density at radius 3 is 1.18 bits per heavy atom. The molecular weight excluding hydrogens is 387 g/mol. The summed E-state index contributed by atoms with van der Waals surface area (Å²) in [6.07, 6.45) is 0. The minimum absolute atomic E-state index is 0.269. The Kier molecular flexibility index (Phi) is 7.56. The van der Waals surface area contributed by atoms with Gasteiger partial charge >= 0.3 is 0 Å². The topological polar surface area (TPSA) is 0 Å². The third-order valence-electron chi connectivity index (χ3n) is 6.81. The highest BCUT2D eigenvalue weighted by Crippen LogP contribution is 2.60. The fourth-order valence-corrected chi connectivity index (χ4v) is 42.3. The molecule has 0 fully saturated rings. The van der Waals surface area contributed by atoms with E-state index in [2.05, 4.69) is 123 Å². The van der Waals surface area contributed by atoms with Gasteiger partial charge in [0, 0.05) is 0 Å². The summed E-state index contributed by atoms with van der Waals surface area (Å²) in [4.78, 5) is 0. The van der Waals surface area contributed by atoms with Crippen molar-refractivity contribution >= 4 is 33.5 Å². The van der Waals surface area contributed by atoms with E-state index in [1.54, 1.807) is 10.4 Å². The van der Waals surface area contributed by atoms with Crippen molar-refractivity contribution < 1.29 is 0 Å². The van der Waals surface area contributed by atoms with E-state index >= 15 is 0 Å². The van der Waals surface area contributed by atoms with E-state index in [0.29, 0.717) is 0 Å². The van der Waals surface area contributed by atoms with Crippen molar-refractivity contribution in [2.45, 2.75) is 84.0 Å². The first-order chi connectivity index (χ1) is 13.0. The van der Waals surface area contributed by atoms with Gasteiger partial charge in [0.2, 0.25) is 0 Å². The van der Waals surface area contributed by atoms with E-state index in [1.807, 2.05) is 0 Å². The summed E-state index contributed by atoms with van der Waals surface area (Å²) in [5.41, 5.74) is 2.40. The predicted molar refractivity (Wildman–Crippen MR) is 137 cm³/mol. The molecule has 0 bridgehead atoms. The first-order valence-corrected chi connectivity index (χ1v) is 18.1. The van der Waals surface area contributed by atoms with Gasteiger partial charge in [0.1, 0.15) is 7.74 Å². The molecule has 3 heteroatoms. The molecule has 28 heavy (non-hydrogen) atoms. The molecule has 0 aliphatic carbocycles. The predicted octanol–water partition coefficient (Wildman–Crippen LogP) is 7.40. The quantitative estimate of drug-likeness (QED) is 0.318. The zero-order valence-corrected chi connectivity index (χ0v) is 22.5. The SMILES string of the molecule is CC(C)[Si](P[Si](c1ccccc1)(c1ccccc1)C(C)(C)C)(C(C)C)C(C)C. The molecule has 1 unspecified atom stereocenters. The van der Waals surface area contributed by atoms with Crippen LogP contribution >= 0.6 is 7.68 Å². The largest absolute Gasteiger partial charge is 0.142 e. The lowest BCUT2D eigenvalue weighted by molar-refractivity contribution is 0.745. The molecule has 0 N–H and O–H groups in total. The van der Waals surface area contributed by atoms with Gasteiger partial charge in [0.25, 0.3) is 0 Å². The Hall–Kier alpha value is -0.696. The van der Waals surface area contributed by atoms with Crippen LogP contribution in [0.15, 0.2) is 60.7 Å². The second kappa shape index (κ2) is 8.98. The molecule has 2 aromatic rings. The van der Waals surface area contributed by atoms with E-state index < -0.39 is 15.5 Å². The van der Waals surface area contributed by atoms with Gasteiger partial charge in [-0.15, -0.1) is 7.68 Å². The molecule has 0 saturated carbocycles. The summed E-state index contributed by atoms with van der Waals surface area (Å²) in [6.45, 7) is 22.7. The summed E-state index contributed by atoms with van der Waals surface area (Å²) in [5.74, 6) is 0. The second-order valence-electron chi connectivity index (χ2n) is 10.3. The highest BCUT2D eigenvalue weighted by molar-refractivity contribution is 8.11. The summed E-state index contributed by atoms with van der Waals surface area (Å²) in [6, 6.07) is 23.2. The average Bonchev–Trinajstić information content (AvgIpc) is 2.62. The molecule has 0 radical (unpaired) electrons. The maximum absolute atomic E-state index is 2.52. The van der Waals surface area contributed by atoms with Gasteiger partial charge in [-0.05, 0) is 32.0 Å². The standard InChI is InChI=1S/C25H41PSi2/c1-20(2)27(21(3)4,22(5)6)26-28(25(7,8)9,23-16-12-10-13-17-23)24-18-14-11-15-19-24/h10-22,26H,1-9H3. The number of hydrogen-bond donors (Lipinski definition) is 0. The minimum Gasteiger partial charge on any atom is -0.133 e. The molecule has 0 amide bonds. The Bertz CT molecular complexity index is 669. The van der Waals surface area contributed by atoms with Gasteiger partial charge in [-0.2, -0.15) is 0 Å². The lowest BCUT2D eigenvalue weighted by Crippen LogP contribution is -2.64. The summed E-state index contributed by atoms with van der Waals surface area (Å²) < 4.78 is 0. The molecule has 154 valence electrons. The zero-order valence-electron chi connectivity index (χ0n) is 19.5. The molecule has 0 nitrogen and oxygen atoms in total. The molecule has 0 saturated heterocycles. The first kappa shape index (κ1) is 23.6. The van der Waals surface area contributed by atoms with Crippen LogP contribution in [0, 0.1) is 0 Å². The summed E-state index contributed by atoms with van der Waals surface area (Å²) >= 11 is 0. The number of hydrogen-bond acceptors (Lipinski definition) is 0. The molecule has 0 aromatic heterocycles. The van der Waals surface area contributed by atoms with Crippen molar-refractivity contribution in [2.24, 2.45) is 0 Å². The fourth-order valence-electron chi connectivity index (χ4n) is 5.50. The van der Waals surface area contributed by atoms with Crippen molar-refractivity contribution in [2.75, 3.05) is 0 Å². The van der Waals surface area contributed by atoms with E-state index in [9.17, 15) is 0 Å². The number of rotatable bonds is 7. The lowest BCUT2D eigenvalue weighted by Gasteiger charge is -2.54. The van der Waals surface area contributed by atoms with Crippen LogP contribution in [0.2, 0.25) is 21.7 Å². The Morgan fingerprint density at radius 2 is 0.929 bits per heavy atom. The molecule has 2 aromatic carbocycles. The van der Waals surface area contributed by atoms with Crippen molar-refractivity contribution in [1.29, 1.82) is 0 Å². The van der Waals surface area contributed by atoms with Crippen LogP contribution in [0.3, 0.4) is 0 Å². The van der Waals surface area contributed by atoms with Gasteiger partial charge in [0.05, 0.1) is 7.74 Å². The molecule has 0 spiro atoms. The van der Waals surface area contributed by atoms with Crippen LogP contribution in [0.5, 0.6) is 0 Å². The molecule has 0 aliphatic rings. The first-order valence-electron chi connectivity index (χ1n) is 10.9. The van der Waals surface area contributed by atoms with E-state index in [0.717, 1.165) is 24.3 Å². The summed E-state index contributed by atoms with van der Waals surface area (Å²) in [5, 5.41) is 3.53. The van der Waals surface area contributed by atoms with Crippen molar-refractivity contribution in [3.63, 3.8) is 0 Å². The van der Waals surface area contributed by atoms with Crippen molar-refractivity contribution in [3.8, 4) is 0 Å². The highest BCUT2D eigenvalue weighted by Gasteiger charge is 2.55. The third-order valence-corrected chi connectivity index (χ3v) is 36.9. The number of benzene rings is 2. The lowest BCUT2D eigenvalue weighted by atomic mass is 10.2. The van der Waals surface area contributed by atoms with Crippen molar-refractivity contribution in [3.05, 3.63) is 60.7 Å². The van der Waals surface area contributed by atoms with E-state index in [4.69, 9.17) is 0 Å². The van der Waals surface area contributed by atoms with Crippen LogP contribution in [0.25, 0.3) is 0 Å². The van der Waals surface area contributed by atoms with Gasteiger partial charge in [-0.1, -0.05) is 123 Å². The van der Waals surface area contributed by atoms with Crippen LogP contribution in [-0.4, -0.2) is 15.5 Å². The summed E-state index contributed by atoms with van der Waals surface area (Å²) in [7, 11) is -2.45. The van der Waals surface area contributed by atoms with Gasteiger partial charge < -0.3 is 0 Å². The second-order valence-corrected chi connectivity index (χ2v) is 27.8. The Balaban J connectivity index is 2.89. The molecule has 0 heterocycles. The molecule has 0 aliphatic heterocycles. The minimum atomic E-state index is -1.98. The van der Waals surface area contributed by atoms with Gasteiger partial charge in [-0.3, -0.25) is 0 Å². The maximum Gasteiger partial charge on any atom is 0.142 e. The normalized spacial score (nSPS) is 14.0. The average molecular weight is 429 g/mol. The van der Waals surface area contributed by atoms with Crippen LogP contribution in [0.4, 0.5) is 0 Å². The van der Waals surface area contributed by atoms with E-state index in [1.165, 1.54) is 0 Å². The molecular formula is C25H41PSi2. The van der Waals surface area contributed by atoms with Crippen LogP contribution < -0.4 is 10.4 Å². The monoisotopic (exact) mass is 428 g/mol. The van der Waals surface area contributed by atoms with Crippen LogP contribution in [-0.2, 0) is 0 Å². The Morgan fingerprint density at radius 1 is 0.607 bits per heavy atom. The van der Waals surface area contributed by atoms with E-state index in [-0.39, 0.29) is 5.04 Å². The van der Waals surface area contributed by atoms with Crippen molar-refractivity contribution in [1.82, 2.24) is 0 Å². The smallest absolute Gasteiger partial charge is 0.133 e. The van der Waals surface area contributed by atoms with Gasteiger partial charge in [0.15, 0.2) is 0 Å². The van der Waals surface area contributed by atoms with Crippen LogP contribution in [0.1, 0.15) is 62.3 Å². The molecule has 2 rings (SSSR count). The zero-order chi connectivity index (χ0) is 21.2. The Labute approximate surface area is 178 Å². The molecule has 1 atom stereocenters. The highest BCUT2D eigenvalue weighted by atomic mass is 31.6. The van der Waals surface area contributed by atoms with Gasteiger partial charge in [-0.25, -0.2) is 0 Å². The third kappa shape index (κ3) is 4.11. The fraction of sp³-hybridized carbons (Fsp3) is 0.520. The maximum atomic E-state index is 2.52.